The molecule has 2 aromatic rings. The number of benzene rings is 1. The van der Waals surface area contributed by atoms with Crippen LogP contribution in [0.1, 0.15) is 20.8 Å². The molecule has 0 bridgehead atoms. The standard InChI is InChI=1S/C14H16N2O2/c1-14(2,3)18-13(17)16-10-12(9-15-16)11-7-5-4-6-8-11/h4-10H,1-3H3. The van der Waals surface area contributed by atoms with E-state index in [0.717, 1.165) is 11.1 Å². The highest BCUT2D eigenvalue weighted by molar-refractivity contribution is 5.72. The van der Waals surface area contributed by atoms with Gasteiger partial charge in [-0.05, 0) is 26.3 Å². The highest BCUT2D eigenvalue weighted by atomic mass is 16.6. The van der Waals surface area contributed by atoms with Gasteiger partial charge in [-0.1, -0.05) is 30.3 Å². The van der Waals surface area contributed by atoms with Crippen LogP contribution in [0.3, 0.4) is 0 Å². The Hall–Kier alpha value is -2.10. The van der Waals surface area contributed by atoms with E-state index in [1.165, 1.54) is 4.68 Å². The van der Waals surface area contributed by atoms with Crippen molar-refractivity contribution in [1.82, 2.24) is 9.78 Å². The molecule has 0 amide bonds. The van der Waals surface area contributed by atoms with Gasteiger partial charge < -0.3 is 4.74 Å². The number of ether oxygens (including phenoxy) is 1. The Bertz CT molecular complexity index is 538. The second kappa shape index (κ2) is 4.64. The summed E-state index contributed by atoms with van der Waals surface area (Å²) in [7, 11) is 0. The zero-order valence-electron chi connectivity index (χ0n) is 10.8. The summed E-state index contributed by atoms with van der Waals surface area (Å²) < 4.78 is 6.45. The lowest BCUT2D eigenvalue weighted by Gasteiger charge is -2.18. The Morgan fingerprint density at radius 3 is 2.44 bits per heavy atom. The van der Waals surface area contributed by atoms with Crippen LogP contribution in [0.4, 0.5) is 4.79 Å². The molecule has 94 valence electrons. The first-order valence-electron chi connectivity index (χ1n) is 5.79. The zero-order chi connectivity index (χ0) is 13.2. The number of rotatable bonds is 1. The maximum atomic E-state index is 11.8. The first-order valence-corrected chi connectivity index (χ1v) is 5.79. The SMILES string of the molecule is CC(C)(C)OC(=O)n1cc(-c2ccccc2)cn1. The van der Waals surface area contributed by atoms with E-state index in [0.29, 0.717) is 0 Å². The summed E-state index contributed by atoms with van der Waals surface area (Å²) in [5.74, 6) is 0. The highest BCUT2D eigenvalue weighted by Gasteiger charge is 2.18. The smallest absolute Gasteiger partial charge is 0.435 e. The number of hydrogen-bond acceptors (Lipinski definition) is 3. The van der Waals surface area contributed by atoms with Crippen LogP contribution in [0, 0.1) is 0 Å². The van der Waals surface area contributed by atoms with Gasteiger partial charge in [0.2, 0.25) is 0 Å². The van der Waals surface area contributed by atoms with Crippen LogP contribution in [-0.2, 0) is 4.74 Å². The van der Waals surface area contributed by atoms with Crippen molar-refractivity contribution in [1.29, 1.82) is 0 Å². The number of aromatic nitrogens is 2. The molecule has 0 N–H and O–H groups in total. The van der Waals surface area contributed by atoms with Crippen molar-refractivity contribution in [2.24, 2.45) is 0 Å². The van der Waals surface area contributed by atoms with Gasteiger partial charge in [0.05, 0.1) is 6.20 Å². The second-order valence-electron chi connectivity index (χ2n) is 5.02. The van der Waals surface area contributed by atoms with Crippen molar-refractivity contribution in [3.63, 3.8) is 0 Å². The van der Waals surface area contributed by atoms with E-state index in [1.54, 1.807) is 12.4 Å². The van der Waals surface area contributed by atoms with Crippen molar-refractivity contribution in [3.05, 3.63) is 42.7 Å². The molecule has 0 atom stereocenters. The minimum absolute atomic E-state index is 0.468. The van der Waals surface area contributed by atoms with E-state index in [2.05, 4.69) is 5.10 Å². The van der Waals surface area contributed by atoms with Crippen LogP contribution >= 0.6 is 0 Å². The molecule has 0 unspecified atom stereocenters. The minimum Gasteiger partial charge on any atom is -0.442 e. The van der Waals surface area contributed by atoms with E-state index >= 15 is 0 Å². The molecule has 2 rings (SSSR count). The molecule has 0 aliphatic heterocycles. The summed E-state index contributed by atoms with van der Waals surface area (Å²) in [5.41, 5.74) is 1.39. The van der Waals surface area contributed by atoms with Gasteiger partial charge >= 0.3 is 6.09 Å². The third-order valence-corrected chi connectivity index (χ3v) is 2.27. The van der Waals surface area contributed by atoms with Crippen LogP contribution in [-0.4, -0.2) is 21.5 Å². The zero-order valence-corrected chi connectivity index (χ0v) is 10.8. The topological polar surface area (TPSA) is 44.1 Å². The number of carbonyl (C=O) groups is 1. The normalized spacial score (nSPS) is 11.3. The first-order chi connectivity index (χ1) is 8.46. The molecular weight excluding hydrogens is 228 g/mol. The van der Waals surface area contributed by atoms with Crippen LogP contribution < -0.4 is 0 Å². The van der Waals surface area contributed by atoms with E-state index in [9.17, 15) is 4.79 Å². The largest absolute Gasteiger partial charge is 0.442 e. The molecule has 0 aliphatic carbocycles. The lowest BCUT2D eigenvalue weighted by atomic mass is 10.1. The Morgan fingerprint density at radius 2 is 1.83 bits per heavy atom. The Labute approximate surface area is 106 Å². The molecule has 1 heterocycles. The fourth-order valence-corrected chi connectivity index (χ4v) is 1.51. The van der Waals surface area contributed by atoms with Crippen molar-refractivity contribution in [3.8, 4) is 11.1 Å². The number of carbonyl (C=O) groups excluding carboxylic acids is 1. The molecule has 0 fully saturated rings. The van der Waals surface area contributed by atoms with E-state index in [-0.39, 0.29) is 0 Å². The average molecular weight is 244 g/mol. The molecule has 18 heavy (non-hydrogen) atoms. The first kappa shape index (κ1) is 12.4. The lowest BCUT2D eigenvalue weighted by Crippen LogP contribution is -2.27. The highest BCUT2D eigenvalue weighted by Crippen LogP contribution is 2.18. The fourth-order valence-electron chi connectivity index (χ4n) is 1.51. The number of hydrogen-bond donors (Lipinski definition) is 0. The predicted molar refractivity (Wildman–Crippen MR) is 69.3 cm³/mol. The molecule has 0 spiro atoms. The van der Waals surface area contributed by atoms with Gasteiger partial charge in [-0.25, -0.2) is 4.79 Å². The monoisotopic (exact) mass is 244 g/mol. The van der Waals surface area contributed by atoms with E-state index in [4.69, 9.17) is 4.74 Å². The van der Waals surface area contributed by atoms with Gasteiger partial charge in [0.15, 0.2) is 0 Å². The van der Waals surface area contributed by atoms with Crippen LogP contribution in [0.15, 0.2) is 42.7 Å². The molecule has 0 aliphatic rings. The van der Waals surface area contributed by atoms with Gasteiger partial charge in [0.1, 0.15) is 5.60 Å². The molecule has 0 saturated heterocycles. The summed E-state index contributed by atoms with van der Waals surface area (Å²) in [6, 6.07) is 9.77. The maximum absolute atomic E-state index is 11.8. The molecule has 1 aromatic carbocycles. The summed E-state index contributed by atoms with van der Waals surface area (Å²) in [6.07, 6.45) is 2.85. The lowest BCUT2D eigenvalue weighted by molar-refractivity contribution is 0.0514. The Kier molecular flexibility index (Phi) is 3.19. The summed E-state index contributed by atoms with van der Waals surface area (Å²) >= 11 is 0. The van der Waals surface area contributed by atoms with E-state index in [1.807, 2.05) is 51.1 Å². The van der Waals surface area contributed by atoms with Gasteiger partial charge in [0.25, 0.3) is 0 Å². The summed E-state index contributed by atoms with van der Waals surface area (Å²) in [4.78, 5) is 11.8. The average Bonchev–Trinajstić information content (AvgIpc) is 2.77. The quantitative estimate of drug-likeness (QED) is 0.772. The second-order valence-corrected chi connectivity index (χ2v) is 5.02. The third kappa shape index (κ3) is 2.97. The fraction of sp³-hybridized carbons (Fsp3) is 0.286. The number of nitrogens with zero attached hydrogens (tertiary/aromatic N) is 2. The van der Waals surface area contributed by atoms with Gasteiger partial charge in [0, 0.05) is 11.8 Å². The van der Waals surface area contributed by atoms with Crippen LogP contribution in [0.25, 0.3) is 11.1 Å². The molecule has 0 radical (unpaired) electrons. The third-order valence-electron chi connectivity index (χ3n) is 2.27. The Morgan fingerprint density at radius 1 is 1.17 bits per heavy atom. The molecule has 4 nitrogen and oxygen atoms in total. The summed E-state index contributed by atoms with van der Waals surface area (Å²) in [5, 5.41) is 4.02. The van der Waals surface area contributed by atoms with Crippen molar-refractivity contribution in [2.75, 3.05) is 0 Å². The molecule has 1 aromatic heterocycles. The predicted octanol–water partition coefficient (Wildman–Crippen LogP) is 3.33. The van der Waals surface area contributed by atoms with Gasteiger partial charge in [-0.3, -0.25) is 0 Å². The van der Waals surface area contributed by atoms with Crippen molar-refractivity contribution >= 4 is 6.09 Å². The van der Waals surface area contributed by atoms with E-state index < -0.39 is 11.7 Å². The van der Waals surface area contributed by atoms with Crippen LogP contribution in [0.5, 0.6) is 0 Å². The molecular formula is C14H16N2O2. The van der Waals surface area contributed by atoms with Gasteiger partial charge in [-0.2, -0.15) is 9.78 Å². The summed E-state index contributed by atoms with van der Waals surface area (Å²) in [6.45, 7) is 5.48. The van der Waals surface area contributed by atoms with Crippen molar-refractivity contribution in [2.45, 2.75) is 26.4 Å². The minimum atomic E-state index is -0.518. The molecule has 0 saturated carbocycles. The van der Waals surface area contributed by atoms with Crippen LogP contribution in [0.2, 0.25) is 0 Å². The molecule has 4 heteroatoms. The van der Waals surface area contributed by atoms with Gasteiger partial charge in [-0.15, -0.1) is 0 Å². The Balaban J connectivity index is 2.19. The maximum Gasteiger partial charge on any atom is 0.435 e. The van der Waals surface area contributed by atoms with Crippen molar-refractivity contribution < 1.29 is 9.53 Å².